The lowest BCUT2D eigenvalue weighted by atomic mass is 9.48. The van der Waals surface area contributed by atoms with E-state index in [4.69, 9.17) is 0 Å². The van der Waals surface area contributed by atoms with Crippen LogP contribution in [0.2, 0.25) is 0 Å². The Labute approximate surface area is 133 Å². The molecule has 22 heavy (non-hydrogen) atoms. The summed E-state index contributed by atoms with van der Waals surface area (Å²) < 4.78 is 0. The Morgan fingerprint density at radius 1 is 1.09 bits per heavy atom. The first-order chi connectivity index (χ1) is 10.4. The first kappa shape index (κ1) is 14.4. The van der Waals surface area contributed by atoms with Crippen molar-refractivity contribution >= 4 is 11.6 Å². The van der Waals surface area contributed by atoms with Gasteiger partial charge in [-0.15, -0.1) is 0 Å². The maximum absolute atomic E-state index is 12.9. The second-order valence-electron chi connectivity index (χ2n) is 8.56. The zero-order valence-electron chi connectivity index (χ0n) is 13.9. The van der Waals surface area contributed by atoms with Gasteiger partial charge >= 0.3 is 0 Å². The summed E-state index contributed by atoms with van der Waals surface area (Å²) in [6.45, 7) is 6.55. The summed E-state index contributed by atoms with van der Waals surface area (Å²) in [6.07, 6.45) is 11.5. The molecule has 2 nitrogen and oxygen atoms in total. The number of allylic oxidation sites excluding steroid dienone is 4. The molecule has 0 aromatic heterocycles. The molecule has 4 aliphatic carbocycles. The molecule has 0 aromatic rings. The predicted molar refractivity (Wildman–Crippen MR) is 86.2 cm³/mol. The Kier molecular flexibility index (Phi) is 2.90. The van der Waals surface area contributed by atoms with Gasteiger partial charge in [0.1, 0.15) is 5.78 Å². The second-order valence-corrected chi connectivity index (χ2v) is 8.56. The smallest absolute Gasteiger partial charge is 0.159 e. The third-order valence-electron chi connectivity index (χ3n) is 7.51. The van der Waals surface area contributed by atoms with E-state index in [-0.39, 0.29) is 28.6 Å². The van der Waals surface area contributed by atoms with Gasteiger partial charge in [0.15, 0.2) is 5.78 Å². The molecule has 118 valence electrons. The van der Waals surface area contributed by atoms with Crippen LogP contribution in [0.15, 0.2) is 23.8 Å². The van der Waals surface area contributed by atoms with E-state index in [0.717, 1.165) is 32.1 Å². The van der Waals surface area contributed by atoms with Gasteiger partial charge in [0, 0.05) is 17.3 Å². The Bertz CT molecular complexity index is 613. The molecule has 0 heterocycles. The molecule has 0 bridgehead atoms. The molecule has 0 aromatic carbocycles. The average Bonchev–Trinajstić information content (AvgIpc) is 2.71. The fraction of sp³-hybridized carbons (Fsp3) is 0.700. The normalized spacial score (nSPS) is 50.2. The Morgan fingerprint density at radius 3 is 2.64 bits per heavy atom. The van der Waals surface area contributed by atoms with Gasteiger partial charge in [-0.1, -0.05) is 32.9 Å². The largest absolute Gasteiger partial charge is 0.299 e. The third-order valence-corrected chi connectivity index (χ3v) is 7.51. The van der Waals surface area contributed by atoms with E-state index in [1.165, 1.54) is 5.57 Å². The Balaban J connectivity index is 1.80. The van der Waals surface area contributed by atoms with Crippen LogP contribution in [0, 0.1) is 34.5 Å². The van der Waals surface area contributed by atoms with Gasteiger partial charge in [-0.25, -0.2) is 0 Å². The maximum atomic E-state index is 12.9. The summed E-state index contributed by atoms with van der Waals surface area (Å²) in [5.41, 5.74) is 1.14. The van der Waals surface area contributed by atoms with Gasteiger partial charge < -0.3 is 0 Å². The molecular weight excluding hydrogens is 272 g/mol. The van der Waals surface area contributed by atoms with Crippen molar-refractivity contribution in [3.8, 4) is 0 Å². The maximum Gasteiger partial charge on any atom is 0.159 e. The van der Waals surface area contributed by atoms with Crippen molar-refractivity contribution in [2.75, 3.05) is 0 Å². The first-order valence-electron chi connectivity index (χ1n) is 8.85. The SMILES string of the molecule is CC1C[C@H]2[C@@H]3C(=O)C=C4C=CCC[C@]4(C)[C@@H]3CC[C@]2(C)C1=O. The lowest BCUT2D eigenvalue weighted by Gasteiger charge is -2.54. The van der Waals surface area contributed by atoms with Crippen LogP contribution in [0.3, 0.4) is 0 Å². The minimum Gasteiger partial charge on any atom is -0.299 e. The van der Waals surface area contributed by atoms with E-state index in [0.29, 0.717) is 17.5 Å². The summed E-state index contributed by atoms with van der Waals surface area (Å²) in [7, 11) is 0. The lowest BCUT2D eigenvalue weighted by molar-refractivity contribution is -0.139. The molecule has 2 heteroatoms. The highest BCUT2D eigenvalue weighted by atomic mass is 16.1. The van der Waals surface area contributed by atoms with Crippen LogP contribution in [-0.2, 0) is 9.59 Å². The number of carbonyl (C=O) groups is 2. The fourth-order valence-electron chi connectivity index (χ4n) is 6.16. The summed E-state index contributed by atoms with van der Waals surface area (Å²) in [5.74, 6) is 1.61. The van der Waals surface area contributed by atoms with Crippen LogP contribution in [-0.4, -0.2) is 11.6 Å². The molecule has 0 amide bonds. The van der Waals surface area contributed by atoms with E-state index < -0.39 is 0 Å². The number of hydrogen-bond donors (Lipinski definition) is 0. The molecule has 0 aliphatic heterocycles. The Hall–Kier alpha value is -1.18. The van der Waals surface area contributed by atoms with Crippen LogP contribution in [0.5, 0.6) is 0 Å². The van der Waals surface area contributed by atoms with Crippen LogP contribution >= 0.6 is 0 Å². The van der Waals surface area contributed by atoms with Gasteiger partial charge in [-0.05, 0) is 61.0 Å². The van der Waals surface area contributed by atoms with Gasteiger partial charge in [-0.3, -0.25) is 9.59 Å². The molecular formula is C20H26O2. The van der Waals surface area contributed by atoms with Crippen molar-refractivity contribution in [1.82, 2.24) is 0 Å². The van der Waals surface area contributed by atoms with Crippen LogP contribution in [0.4, 0.5) is 0 Å². The zero-order valence-corrected chi connectivity index (χ0v) is 13.9. The molecule has 2 fully saturated rings. The second kappa shape index (κ2) is 4.43. The molecule has 0 saturated heterocycles. The predicted octanol–water partition coefficient (Wildman–Crippen LogP) is 4.11. The molecule has 0 spiro atoms. The van der Waals surface area contributed by atoms with Crippen molar-refractivity contribution in [1.29, 1.82) is 0 Å². The molecule has 4 aliphatic rings. The topological polar surface area (TPSA) is 34.1 Å². The van der Waals surface area contributed by atoms with Crippen LogP contribution in [0.25, 0.3) is 0 Å². The average molecular weight is 298 g/mol. The zero-order chi connectivity index (χ0) is 15.7. The number of ketones is 2. The van der Waals surface area contributed by atoms with Crippen molar-refractivity contribution in [2.45, 2.75) is 52.9 Å². The van der Waals surface area contributed by atoms with Gasteiger partial charge in [0.25, 0.3) is 0 Å². The van der Waals surface area contributed by atoms with E-state index in [9.17, 15) is 9.59 Å². The molecule has 0 N–H and O–H groups in total. The summed E-state index contributed by atoms with van der Waals surface area (Å²) >= 11 is 0. The molecule has 1 unspecified atom stereocenters. The minimum absolute atomic E-state index is 0.0768. The monoisotopic (exact) mass is 298 g/mol. The molecule has 6 atom stereocenters. The summed E-state index contributed by atoms with van der Waals surface area (Å²) in [4.78, 5) is 25.6. The highest BCUT2D eigenvalue weighted by Gasteiger charge is 2.61. The van der Waals surface area contributed by atoms with Crippen molar-refractivity contribution in [3.05, 3.63) is 23.8 Å². The van der Waals surface area contributed by atoms with E-state index >= 15 is 0 Å². The highest BCUT2D eigenvalue weighted by molar-refractivity contribution is 5.97. The van der Waals surface area contributed by atoms with E-state index in [1.54, 1.807) is 0 Å². The molecule has 0 radical (unpaired) electrons. The standard InChI is InChI=1S/C20H26O2/c1-12-10-15-17-14(7-9-20(15,3)18(12)22)19(2)8-5-4-6-13(19)11-16(17)21/h4,6,11-12,14-15,17H,5,7-10H2,1-3H3/t12?,14-,15+,17-,19+,20+/m1/s1. The van der Waals surface area contributed by atoms with Crippen molar-refractivity contribution in [3.63, 3.8) is 0 Å². The summed E-state index contributed by atoms with van der Waals surface area (Å²) in [5, 5.41) is 0. The van der Waals surface area contributed by atoms with Crippen molar-refractivity contribution < 1.29 is 9.59 Å². The minimum atomic E-state index is -0.248. The summed E-state index contributed by atoms with van der Waals surface area (Å²) in [6, 6.07) is 0. The highest BCUT2D eigenvalue weighted by Crippen LogP contribution is 2.63. The Morgan fingerprint density at radius 2 is 1.86 bits per heavy atom. The number of Topliss-reactive ketones (excluding diaryl/α,β-unsaturated/α-hetero) is 1. The van der Waals surface area contributed by atoms with Gasteiger partial charge in [0.2, 0.25) is 0 Å². The third kappa shape index (κ3) is 1.62. The lowest BCUT2D eigenvalue weighted by Crippen LogP contribution is -2.52. The van der Waals surface area contributed by atoms with Gasteiger partial charge in [0.05, 0.1) is 0 Å². The fourth-order valence-corrected chi connectivity index (χ4v) is 6.16. The number of carbonyl (C=O) groups excluding carboxylic acids is 2. The van der Waals surface area contributed by atoms with E-state index in [2.05, 4.69) is 32.9 Å². The quantitative estimate of drug-likeness (QED) is 0.674. The van der Waals surface area contributed by atoms with Gasteiger partial charge in [-0.2, -0.15) is 0 Å². The number of hydrogen-bond acceptors (Lipinski definition) is 2. The number of fused-ring (bicyclic) bond motifs is 5. The molecule has 4 rings (SSSR count). The first-order valence-corrected chi connectivity index (χ1v) is 8.85. The van der Waals surface area contributed by atoms with Crippen LogP contribution < -0.4 is 0 Å². The molecule has 2 saturated carbocycles. The van der Waals surface area contributed by atoms with E-state index in [1.807, 2.05) is 6.08 Å². The van der Waals surface area contributed by atoms with Crippen molar-refractivity contribution in [2.24, 2.45) is 34.5 Å². The van der Waals surface area contributed by atoms with Crippen LogP contribution in [0.1, 0.15) is 52.9 Å². The number of rotatable bonds is 0.